The monoisotopic (exact) mass is 314 g/mol. The number of amides is 1. The predicted octanol–water partition coefficient (Wildman–Crippen LogP) is 2.57. The molecule has 1 unspecified atom stereocenters. The Balaban J connectivity index is 1.49. The Bertz CT molecular complexity index is 719. The lowest BCUT2D eigenvalue weighted by Gasteiger charge is -2.09. The van der Waals surface area contributed by atoms with Gasteiger partial charge in [0.2, 0.25) is 6.10 Å². The summed E-state index contributed by atoms with van der Waals surface area (Å²) in [5, 5.41) is 3.85. The number of carbonyl (C=O) groups excluding carboxylic acids is 1. The molecule has 1 amide bonds. The SMILES string of the molecule is O=C(NOCc1ccccc1)C1CC(c2cccc(F)c2)=NO1. The summed E-state index contributed by atoms with van der Waals surface area (Å²) >= 11 is 0. The summed E-state index contributed by atoms with van der Waals surface area (Å²) in [5.41, 5.74) is 4.42. The van der Waals surface area contributed by atoms with Gasteiger partial charge in [0.15, 0.2) is 0 Å². The minimum Gasteiger partial charge on any atom is -0.382 e. The van der Waals surface area contributed by atoms with Gasteiger partial charge in [-0.3, -0.25) is 9.63 Å². The Morgan fingerprint density at radius 3 is 2.87 bits per heavy atom. The Labute approximate surface area is 132 Å². The van der Waals surface area contributed by atoms with Crippen molar-refractivity contribution in [1.29, 1.82) is 0 Å². The van der Waals surface area contributed by atoms with Crippen molar-refractivity contribution in [2.24, 2.45) is 5.16 Å². The van der Waals surface area contributed by atoms with E-state index in [0.717, 1.165) is 5.56 Å². The molecule has 0 spiro atoms. The number of oxime groups is 1. The molecule has 1 N–H and O–H groups in total. The second kappa shape index (κ2) is 7.02. The summed E-state index contributed by atoms with van der Waals surface area (Å²) in [7, 11) is 0. The van der Waals surface area contributed by atoms with Gasteiger partial charge in [-0.2, -0.15) is 0 Å². The van der Waals surface area contributed by atoms with Crippen LogP contribution in [0.5, 0.6) is 0 Å². The standard InChI is InChI=1S/C17H15FN2O3/c18-14-8-4-7-13(9-14)15-10-16(23-19-15)17(21)20-22-11-12-5-2-1-3-6-12/h1-9,16H,10-11H2,(H,20,21). The van der Waals surface area contributed by atoms with Gasteiger partial charge in [0.05, 0.1) is 12.3 Å². The number of hydroxylamine groups is 1. The van der Waals surface area contributed by atoms with Crippen molar-refractivity contribution < 1.29 is 18.9 Å². The van der Waals surface area contributed by atoms with Crippen LogP contribution in [-0.2, 0) is 21.1 Å². The number of nitrogens with zero attached hydrogens (tertiary/aromatic N) is 1. The molecule has 0 aliphatic carbocycles. The topological polar surface area (TPSA) is 59.9 Å². The highest BCUT2D eigenvalue weighted by Gasteiger charge is 2.29. The third-order valence-corrected chi connectivity index (χ3v) is 3.37. The van der Waals surface area contributed by atoms with E-state index in [-0.39, 0.29) is 18.8 Å². The number of nitrogens with one attached hydrogen (secondary N) is 1. The molecule has 2 aromatic rings. The van der Waals surface area contributed by atoms with Gasteiger partial charge in [-0.25, -0.2) is 9.87 Å². The van der Waals surface area contributed by atoms with E-state index in [1.54, 1.807) is 12.1 Å². The molecule has 5 nitrogen and oxygen atoms in total. The first-order valence-corrected chi connectivity index (χ1v) is 7.16. The predicted molar refractivity (Wildman–Crippen MR) is 81.8 cm³/mol. The van der Waals surface area contributed by atoms with Gasteiger partial charge in [-0.1, -0.05) is 47.6 Å². The van der Waals surface area contributed by atoms with Gasteiger partial charge in [-0.05, 0) is 17.7 Å². The number of halogens is 1. The Hall–Kier alpha value is -2.73. The molecule has 3 rings (SSSR count). The summed E-state index contributed by atoms with van der Waals surface area (Å²) in [6, 6.07) is 15.5. The fourth-order valence-electron chi connectivity index (χ4n) is 2.19. The van der Waals surface area contributed by atoms with E-state index in [9.17, 15) is 9.18 Å². The van der Waals surface area contributed by atoms with E-state index >= 15 is 0 Å². The minimum absolute atomic E-state index is 0.261. The van der Waals surface area contributed by atoms with Crippen LogP contribution in [0.2, 0.25) is 0 Å². The Morgan fingerprint density at radius 1 is 1.26 bits per heavy atom. The maximum atomic E-state index is 13.2. The maximum Gasteiger partial charge on any atom is 0.287 e. The largest absolute Gasteiger partial charge is 0.382 e. The van der Waals surface area contributed by atoms with E-state index in [1.165, 1.54) is 12.1 Å². The van der Waals surface area contributed by atoms with Gasteiger partial charge in [0.25, 0.3) is 5.91 Å². The highest BCUT2D eigenvalue weighted by atomic mass is 19.1. The quantitative estimate of drug-likeness (QED) is 0.863. The van der Waals surface area contributed by atoms with Gasteiger partial charge in [0, 0.05) is 12.0 Å². The zero-order valence-corrected chi connectivity index (χ0v) is 12.2. The van der Waals surface area contributed by atoms with Crippen molar-refractivity contribution in [2.75, 3.05) is 0 Å². The summed E-state index contributed by atoms with van der Waals surface area (Å²) in [4.78, 5) is 22.2. The van der Waals surface area contributed by atoms with Gasteiger partial charge in [0.1, 0.15) is 5.82 Å². The molecule has 0 saturated heterocycles. The third kappa shape index (κ3) is 3.92. The molecule has 1 atom stereocenters. The van der Waals surface area contributed by atoms with E-state index in [1.807, 2.05) is 30.3 Å². The normalized spacial score (nSPS) is 16.6. The van der Waals surface area contributed by atoms with Crippen LogP contribution in [0.3, 0.4) is 0 Å². The molecule has 0 radical (unpaired) electrons. The first-order valence-electron chi connectivity index (χ1n) is 7.16. The van der Waals surface area contributed by atoms with Crippen LogP contribution < -0.4 is 5.48 Å². The summed E-state index contributed by atoms with van der Waals surface area (Å²) in [5.74, 6) is -0.777. The molecule has 23 heavy (non-hydrogen) atoms. The molecule has 0 fully saturated rings. The van der Waals surface area contributed by atoms with Crippen LogP contribution in [0.15, 0.2) is 59.8 Å². The van der Waals surface area contributed by atoms with Crippen molar-refractivity contribution in [3.8, 4) is 0 Å². The molecule has 1 aliphatic heterocycles. The molecule has 0 saturated carbocycles. The zero-order chi connectivity index (χ0) is 16.1. The minimum atomic E-state index is -0.774. The average molecular weight is 314 g/mol. The highest BCUT2D eigenvalue weighted by Crippen LogP contribution is 2.17. The van der Waals surface area contributed by atoms with E-state index < -0.39 is 12.0 Å². The van der Waals surface area contributed by atoms with E-state index in [4.69, 9.17) is 9.68 Å². The third-order valence-electron chi connectivity index (χ3n) is 3.37. The van der Waals surface area contributed by atoms with Crippen LogP contribution in [0.4, 0.5) is 4.39 Å². The summed E-state index contributed by atoms with van der Waals surface area (Å²) in [6.45, 7) is 0.261. The lowest BCUT2D eigenvalue weighted by molar-refractivity contribution is -0.145. The maximum absolute atomic E-state index is 13.2. The number of hydrogen-bond acceptors (Lipinski definition) is 4. The lowest BCUT2D eigenvalue weighted by atomic mass is 10.0. The first kappa shape index (κ1) is 15.2. The number of rotatable bonds is 5. The molecule has 0 aromatic heterocycles. The van der Waals surface area contributed by atoms with Gasteiger partial charge in [-0.15, -0.1) is 0 Å². The van der Waals surface area contributed by atoms with Crippen LogP contribution in [0.1, 0.15) is 17.5 Å². The number of hydrogen-bond donors (Lipinski definition) is 1. The molecule has 2 aromatic carbocycles. The molecule has 1 aliphatic rings. The number of benzene rings is 2. The number of carbonyl (C=O) groups is 1. The van der Waals surface area contributed by atoms with Crippen LogP contribution in [0.25, 0.3) is 0 Å². The molecule has 118 valence electrons. The Morgan fingerprint density at radius 2 is 2.09 bits per heavy atom. The smallest absolute Gasteiger partial charge is 0.287 e. The summed E-state index contributed by atoms with van der Waals surface area (Å²) in [6.07, 6.45) is -0.506. The molecular formula is C17H15FN2O3. The van der Waals surface area contributed by atoms with Crippen LogP contribution in [0, 0.1) is 5.82 Å². The molecule has 0 bridgehead atoms. The van der Waals surface area contributed by atoms with Gasteiger partial charge >= 0.3 is 0 Å². The fraction of sp³-hybridized carbons (Fsp3) is 0.176. The van der Waals surface area contributed by atoms with Crippen molar-refractivity contribution >= 4 is 11.6 Å². The Kier molecular flexibility index (Phi) is 4.63. The van der Waals surface area contributed by atoms with Crippen LogP contribution >= 0.6 is 0 Å². The second-order valence-corrected chi connectivity index (χ2v) is 5.09. The molecular weight excluding hydrogens is 299 g/mol. The second-order valence-electron chi connectivity index (χ2n) is 5.09. The fourth-order valence-corrected chi connectivity index (χ4v) is 2.19. The zero-order valence-electron chi connectivity index (χ0n) is 12.2. The summed E-state index contributed by atoms with van der Waals surface area (Å²) < 4.78 is 13.2. The van der Waals surface area contributed by atoms with Crippen LogP contribution in [-0.4, -0.2) is 17.7 Å². The van der Waals surface area contributed by atoms with Gasteiger partial charge < -0.3 is 4.84 Å². The first-order chi connectivity index (χ1) is 11.2. The van der Waals surface area contributed by atoms with Crippen molar-refractivity contribution in [1.82, 2.24) is 5.48 Å². The highest BCUT2D eigenvalue weighted by molar-refractivity contribution is 6.03. The van der Waals surface area contributed by atoms with Crippen molar-refractivity contribution in [3.63, 3.8) is 0 Å². The molecule has 6 heteroatoms. The molecule has 1 heterocycles. The van der Waals surface area contributed by atoms with E-state index in [0.29, 0.717) is 11.3 Å². The van der Waals surface area contributed by atoms with E-state index in [2.05, 4.69) is 10.6 Å². The van der Waals surface area contributed by atoms with Crippen molar-refractivity contribution in [2.45, 2.75) is 19.1 Å². The average Bonchev–Trinajstić information content (AvgIpc) is 3.06. The van der Waals surface area contributed by atoms with Crippen molar-refractivity contribution in [3.05, 3.63) is 71.5 Å². The lowest BCUT2D eigenvalue weighted by Crippen LogP contribution is -2.34.